The summed E-state index contributed by atoms with van der Waals surface area (Å²) in [5.41, 5.74) is -0.261. The van der Waals surface area contributed by atoms with Crippen molar-refractivity contribution in [1.82, 2.24) is 4.90 Å². The molecule has 1 aliphatic rings. The summed E-state index contributed by atoms with van der Waals surface area (Å²) >= 11 is 0.758. The first-order chi connectivity index (χ1) is 10.4. The minimum atomic E-state index is -0.757. The molecule has 0 atom stereocenters. The Labute approximate surface area is 129 Å². The number of methoxy groups -OCH3 is 1. The highest BCUT2D eigenvalue weighted by atomic mass is 32.2. The molecule has 8 nitrogen and oxygen atoms in total. The van der Waals surface area contributed by atoms with E-state index < -0.39 is 22.3 Å². The van der Waals surface area contributed by atoms with Crippen LogP contribution in [0.3, 0.4) is 0 Å². The van der Waals surface area contributed by atoms with E-state index in [9.17, 15) is 24.8 Å². The summed E-state index contributed by atoms with van der Waals surface area (Å²) < 4.78 is 4.88. The van der Waals surface area contributed by atoms with Crippen molar-refractivity contribution in [3.8, 4) is 11.5 Å². The van der Waals surface area contributed by atoms with Gasteiger partial charge in [-0.25, -0.2) is 0 Å². The molecule has 0 radical (unpaired) electrons. The van der Waals surface area contributed by atoms with Crippen LogP contribution in [0.4, 0.5) is 10.5 Å². The molecule has 0 aliphatic carbocycles. The summed E-state index contributed by atoms with van der Waals surface area (Å²) in [7, 11) is 1.26. The van der Waals surface area contributed by atoms with E-state index in [1.54, 1.807) is 6.92 Å². The number of hydrogen-bond acceptors (Lipinski definition) is 7. The number of aromatic hydroxyl groups is 1. The molecule has 22 heavy (non-hydrogen) atoms. The van der Waals surface area contributed by atoms with Gasteiger partial charge >= 0.3 is 5.69 Å². The number of ether oxygens (including phenoxy) is 1. The Morgan fingerprint density at radius 2 is 2.14 bits per heavy atom. The Balaban J connectivity index is 2.48. The highest BCUT2D eigenvalue weighted by Crippen LogP contribution is 2.39. The van der Waals surface area contributed by atoms with Crippen LogP contribution in [-0.4, -0.2) is 39.7 Å². The second-order valence-electron chi connectivity index (χ2n) is 4.27. The minimum Gasteiger partial charge on any atom is -0.500 e. The number of thioether (sulfide) groups is 1. The minimum absolute atomic E-state index is 0.0878. The molecule has 1 N–H and O–H groups in total. The number of benzene rings is 1. The second kappa shape index (κ2) is 6.06. The number of hydrogen-bond donors (Lipinski definition) is 1. The van der Waals surface area contributed by atoms with Gasteiger partial charge in [-0.2, -0.15) is 0 Å². The summed E-state index contributed by atoms with van der Waals surface area (Å²) in [4.78, 5) is 35.0. The quantitative estimate of drug-likeness (QED) is 0.514. The van der Waals surface area contributed by atoms with E-state index >= 15 is 0 Å². The molecule has 1 heterocycles. The van der Waals surface area contributed by atoms with Crippen molar-refractivity contribution in [1.29, 1.82) is 0 Å². The maximum Gasteiger partial charge on any atom is 0.315 e. The van der Waals surface area contributed by atoms with E-state index in [0.29, 0.717) is 0 Å². The van der Waals surface area contributed by atoms with Crippen LogP contribution in [0.5, 0.6) is 11.5 Å². The summed E-state index contributed by atoms with van der Waals surface area (Å²) in [5, 5.41) is 20.2. The Hall–Kier alpha value is -2.55. The molecule has 0 spiro atoms. The number of rotatable bonds is 4. The van der Waals surface area contributed by atoms with Gasteiger partial charge in [-0.3, -0.25) is 24.6 Å². The largest absolute Gasteiger partial charge is 0.500 e. The van der Waals surface area contributed by atoms with Crippen molar-refractivity contribution in [3.05, 3.63) is 32.7 Å². The van der Waals surface area contributed by atoms with Crippen molar-refractivity contribution >= 4 is 34.7 Å². The van der Waals surface area contributed by atoms with Crippen molar-refractivity contribution < 1.29 is 24.4 Å². The van der Waals surface area contributed by atoms with Crippen LogP contribution in [0.25, 0.3) is 6.08 Å². The molecular formula is C13H12N2O6S. The third kappa shape index (κ3) is 2.75. The number of phenols is 1. The Morgan fingerprint density at radius 3 is 2.64 bits per heavy atom. The van der Waals surface area contributed by atoms with Crippen LogP contribution in [0.2, 0.25) is 0 Å². The highest BCUT2D eigenvalue weighted by Gasteiger charge is 2.34. The van der Waals surface area contributed by atoms with Crippen LogP contribution in [0.15, 0.2) is 17.0 Å². The Bertz CT molecular complexity index is 700. The standard InChI is InChI=1S/C13H12N2O6S/c1-3-14-12(17)10(22-13(14)18)6-7-4-8(15(19)20)11(16)9(5-7)21-2/h4-6,16H,3H2,1-2H3/b10-6-. The third-order valence-corrected chi connectivity index (χ3v) is 3.89. The molecule has 0 unspecified atom stereocenters. The number of phenolic OH excluding ortho intramolecular Hbond substituents is 1. The number of nitrogens with zero attached hydrogens (tertiary/aromatic N) is 2. The van der Waals surface area contributed by atoms with Gasteiger partial charge in [0, 0.05) is 12.6 Å². The van der Waals surface area contributed by atoms with Crippen molar-refractivity contribution in [2.24, 2.45) is 0 Å². The normalized spacial score (nSPS) is 16.5. The first kappa shape index (κ1) is 15.8. The maximum atomic E-state index is 12.0. The lowest BCUT2D eigenvalue weighted by atomic mass is 10.1. The van der Waals surface area contributed by atoms with Crippen LogP contribution in [-0.2, 0) is 4.79 Å². The SMILES string of the molecule is CCN1C(=O)S/C(=C\c2cc(OC)c(O)c([N+](=O)[O-])c2)C1=O. The molecular weight excluding hydrogens is 312 g/mol. The lowest BCUT2D eigenvalue weighted by molar-refractivity contribution is -0.386. The van der Waals surface area contributed by atoms with Gasteiger partial charge in [0.1, 0.15) is 0 Å². The van der Waals surface area contributed by atoms with Gasteiger partial charge in [0.15, 0.2) is 5.75 Å². The average Bonchev–Trinajstić information content (AvgIpc) is 2.74. The fraction of sp³-hybridized carbons (Fsp3) is 0.231. The number of imide groups is 1. The van der Waals surface area contributed by atoms with Crippen LogP contribution in [0.1, 0.15) is 12.5 Å². The first-order valence-electron chi connectivity index (χ1n) is 6.19. The number of carbonyl (C=O) groups is 2. The van der Waals surface area contributed by atoms with Gasteiger partial charge in [0.2, 0.25) is 5.75 Å². The molecule has 0 bridgehead atoms. The topological polar surface area (TPSA) is 110 Å². The zero-order valence-corrected chi connectivity index (χ0v) is 12.5. The van der Waals surface area contributed by atoms with Crippen LogP contribution < -0.4 is 4.74 Å². The van der Waals surface area contributed by atoms with Crippen LogP contribution >= 0.6 is 11.8 Å². The lowest BCUT2D eigenvalue weighted by Crippen LogP contribution is -2.27. The van der Waals surface area contributed by atoms with Crippen molar-refractivity contribution in [3.63, 3.8) is 0 Å². The van der Waals surface area contributed by atoms with Gasteiger partial charge in [-0.15, -0.1) is 0 Å². The first-order valence-corrected chi connectivity index (χ1v) is 7.01. The number of nitro benzene ring substituents is 1. The molecule has 1 aromatic rings. The van der Waals surface area contributed by atoms with E-state index in [2.05, 4.69) is 0 Å². The molecule has 0 aromatic heterocycles. The summed E-state index contributed by atoms with van der Waals surface area (Å²) in [6.45, 7) is 1.93. The monoisotopic (exact) mass is 324 g/mol. The molecule has 0 saturated carbocycles. The van der Waals surface area contributed by atoms with E-state index in [0.717, 1.165) is 22.7 Å². The fourth-order valence-electron chi connectivity index (χ4n) is 1.92. The Kier molecular flexibility index (Phi) is 4.36. The molecule has 2 amide bonds. The number of nitro groups is 1. The predicted octanol–water partition coefficient (Wildman–Crippen LogP) is 2.37. The van der Waals surface area contributed by atoms with E-state index in [1.807, 2.05) is 0 Å². The van der Waals surface area contributed by atoms with Gasteiger partial charge in [-0.05, 0) is 36.4 Å². The van der Waals surface area contributed by atoms with E-state index in [-0.39, 0.29) is 28.0 Å². The Morgan fingerprint density at radius 1 is 1.45 bits per heavy atom. The molecule has 116 valence electrons. The number of likely N-dealkylation sites (N-methyl/N-ethyl adjacent to an activating group) is 1. The highest BCUT2D eigenvalue weighted by molar-refractivity contribution is 8.18. The lowest BCUT2D eigenvalue weighted by Gasteiger charge is -2.07. The van der Waals surface area contributed by atoms with Crippen molar-refractivity contribution in [2.45, 2.75) is 6.92 Å². The van der Waals surface area contributed by atoms with Crippen molar-refractivity contribution in [2.75, 3.05) is 13.7 Å². The summed E-state index contributed by atoms with van der Waals surface area (Å²) in [6, 6.07) is 2.46. The molecule has 2 rings (SSSR count). The molecule has 9 heteroatoms. The van der Waals surface area contributed by atoms with Gasteiger partial charge in [0.25, 0.3) is 11.1 Å². The third-order valence-electron chi connectivity index (χ3n) is 2.98. The second-order valence-corrected chi connectivity index (χ2v) is 5.27. The average molecular weight is 324 g/mol. The molecule has 1 fully saturated rings. The zero-order chi connectivity index (χ0) is 16.4. The predicted molar refractivity (Wildman–Crippen MR) is 79.7 cm³/mol. The molecule has 1 aliphatic heterocycles. The number of carbonyl (C=O) groups excluding carboxylic acids is 2. The van der Waals surface area contributed by atoms with Gasteiger partial charge in [0.05, 0.1) is 16.9 Å². The maximum absolute atomic E-state index is 12.0. The van der Waals surface area contributed by atoms with Gasteiger partial charge < -0.3 is 9.84 Å². The van der Waals surface area contributed by atoms with E-state index in [1.165, 1.54) is 19.3 Å². The summed E-state index contributed by atoms with van der Waals surface area (Å²) in [5.74, 6) is -1.13. The van der Waals surface area contributed by atoms with Crippen LogP contribution in [0, 0.1) is 10.1 Å². The summed E-state index contributed by atoms with van der Waals surface area (Å²) in [6.07, 6.45) is 1.36. The smallest absolute Gasteiger partial charge is 0.315 e. The van der Waals surface area contributed by atoms with E-state index in [4.69, 9.17) is 4.74 Å². The number of amides is 2. The molecule has 1 aromatic carbocycles. The van der Waals surface area contributed by atoms with Gasteiger partial charge in [-0.1, -0.05) is 0 Å². The molecule has 1 saturated heterocycles. The zero-order valence-electron chi connectivity index (χ0n) is 11.7. The fourth-order valence-corrected chi connectivity index (χ4v) is 2.82.